The average Bonchev–Trinajstić information content (AvgIpc) is 3.42. The van der Waals surface area contributed by atoms with E-state index in [1.54, 1.807) is 0 Å². The molecule has 3 aromatic carbocycles. The van der Waals surface area contributed by atoms with E-state index in [-0.39, 0.29) is 5.91 Å². The highest BCUT2D eigenvalue weighted by Crippen LogP contribution is 2.27. The van der Waals surface area contributed by atoms with Crippen LogP contribution in [0.2, 0.25) is 0 Å². The van der Waals surface area contributed by atoms with Crippen molar-refractivity contribution in [3.8, 4) is 0 Å². The van der Waals surface area contributed by atoms with Gasteiger partial charge in [0.2, 0.25) is 0 Å². The molecule has 5 aromatic rings. The van der Waals surface area contributed by atoms with Gasteiger partial charge in [0.05, 0.1) is 12.2 Å². The molecule has 6 nitrogen and oxygen atoms in total. The lowest BCUT2D eigenvalue weighted by molar-refractivity contribution is 0.0950. The molecule has 176 valence electrons. The number of benzene rings is 3. The molecule has 0 unspecified atom stereocenters. The van der Waals surface area contributed by atoms with Crippen LogP contribution in [0.3, 0.4) is 0 Å². The molecular weight excluding hydrogens is 456 g/mol. The minimum Gasteiger partial charge on any atom is -0.431 e. The quantitative estimate of drug-likeness (QED) is 0.278. The van der Waals surface area contributed by atoms with Gasteiger partial charge in [-0.2, -0.15) is 5.10 Å². The summed E-state index contributed by atoms with van der Waals surface area (Å²) in [6.45, 7) is 5.17. The van der Waals surface area contributed by atoms with Gasteiger partial charge in [-0.05, 0) is 43.2 Å². The molecule has 0 radical (unpaired) electrons. The molecule has 0 spiro atoms. The zero-order chi connectivity index (χ0) is 24.2. The van der Waals surface area contributed by atoms with Crippen LogP contribution in [-0.4, -0.2) is 20.7 Å². The Hall–Kier alpha value is -3.84. The van der Waals surface area contributed by atoms with Crippen LogP contribution in [0.25, 0.3) is 11.1 Å². The van der Waals surface area contributed by atoms with Gasteiger partial charge in [-0.3, -0.25) is 9.48 Å². The lowest BCUT2D eigenvalue weighted by Crippen LogP contribution is -2.24. The number of oxazole rings is 1. The van der Waals surface area contributed by atoms with E-state index >= 15 is 0 Å². The molecule has 1 N–H and O–H groups in total. The third-order valence-corrected chi connectivity index (χ3v) is 6.90. The van der Waals surface area contributed by atoms with Crippen molar-refractivity contribution in [2.45, 2.75) is 37.9 Å². The van der Waals surface area contributed by atoms with Crippen LogP contribution in [0.4, 0.5) is 0 Å². The Labute approximate surface area is 208 Å². The van der Waals surface area contributed by atoms with Gasteiger partial charge >= 0.3 is 0 Å². The number of nitrogens with one attached hydrogen (secondary N) is 1. The van der Waals surface area contributed by atoms with E-state index in [0.717, 1.165) is 33.6 Å². The van der Waals surface area contributed by atoms with Crippen LogP contribution in [0.1, 0.15) is 38.4 Å². The van der Waals surface area contributed by atoms with E-state index in [2.05, 4.69) is 29.4 Å². The van der Waals surface area contributed by atoms with Crippen LogP contribution in [0.5, 0.6) is 0 Å². The van der Waals surface area contributed by atoms with Crippen molar-refractivity contribution >= 4 is 28.8 Å². The Morgan fingerprint density at radius 3 is 2.54 bits per heavy atom. The standard InChI is InChI=1S/C28H26N4O2S/c1-19-24(20(2)32(31-19)17-21-10-4-3-5-11-21)16-29-27(33)23-13-7-6-12-22(23)18-35-28-30-25-14-8-9-15-26(25)34-28/h3-15H,16-18H2,1-2H3,(H,29,33). The van der Waals surface area contributed by atoms with Crippen molar-refractivity contribution in [3.63, 3.8) is 0 Å². The largest absolute Gasteiger partial charge is 0.431 e. The molecular formula is C28H26N4O2S. The van der Waals surface area contributed by atoms with Crippen molar-refractivity contribution in [2.75, 3.05) is 0 Å². The summed E-state index contributed by atoms with van der Waals surface area (Å²) in [5, 5.41) is 8.39. The molecule has 0 fully saturated rings. The highest BCUT2D eigenvalue weighted by Gasteiger charge is 2.16. The number of para-hydroxylation sites is 2. The van der Waals surface area contributed by atoms with Gasteiger partial charge in [0, 0.05) is 29.1 Å². The number of carbonyl (C=O) groups is 1. The molecule has 7 heteroatoms. The smallest absolute Gasteiger partial charge is 0.257 e. The Balaban J connectivity index is 1.26. The third kappa shape index (κ3) is 5.15. The SMILES string of the molecule is Cc1nn(Cc2ccccc2)c(C)c1CNC(=O)c1ccccc1CSc1nc2ccccc2o1. The van der Waals surface area contributed by atoms with Gasteiger partial charge < -0.3 is 9.73 Å². The first-order valence-electron chi connectivity index (χ1n) is 11.5. The number of thioether (sulfide) groups is 1. The number of nitrogens with zero attached hydrogens (tertiary/aromatic N) is 3. The predicted octanol–water partition coefficient (Wildman–Crippen LogP) is 5.91. The van der Waals surface area contributed by atoms with Crippen LogP contribution < -0.4 is 5.32 Å². The second kappa shape index (κ2) is 10.2. The second-order valence-electron chi connectivity index (χ2n) is 8.37. The molecule has 2 heterocycles. The molecule has 0 aliphatic carbocycles. The van der Waals surface area contributed by atoms with Crippen molar-refractivity contribution in [1.82, 2.24) is 20.1 Å². The second-order valence-corrected chi connectivity index (χ2v) is 9.30. The molecule has 0 atom stereocenters. The number of aromatic nitrogens is 3. The molecule has 5 rings (SSSR count). The first-order valence-corrected chi connectivity index (χ1v) is 12.5. The average molecular weight is 483 g/mol. The zero-order valence-corrected chi connectivity index (χ0v) is 20.5. The Morgan fingerprint density at radius 1 is 0.971 bits per heavy atom. The van der Waals surface area contributed by atoms with Crippen LogP contribution in [0.15, 0.2) is 88.5 Å². The lowest BCUT2D eigenvalue weighted by Gasteiger charge is -2.10. The number of carbonyl (C=O) groups excluding carboxylic acids is 1. The summed E-state index contributed by atoms with van der Waals surface area (Å²) < 4.78 is 7.81. The van der Waals surface area contributed by atoms with E-state index in [1.807, 2.05) is 78.3 Å². The van der Waals surface area contributed by atoms with Crippen LogP contribution in [-0.2, 0) is 18.8 Å². The van der Waals surface area contributed by atoms with Gasteiger partial charge in [0.25, 0.3) is 11.1 Å². The van der Waals surface area contributed by atoms with Gasteiger partial charge in [-0.15, -0.1) is 0 Å². The Bertz CT molecular complexity index is 1440. The summed E-state index contributed by atoms with van der Waals surface area (Å²) in [5.74, 6) is 0.483. The van der Waals surface area contributed by atoms with Gasteiger partial charge in [0.15, 0.2) is 5.58 Å². The monoisotopic (exact) mass is 482 g/mol. The fourth-order valence-corrected chi connectivity index (χ4v) is 4.93. The number of hydrogen-bond acceptors (Lipinski definition) is 5. The van der Waals surface area contributed by atoms with Gasteiger partial charge in [-0.1, -0.05) is 72.4 Å². The molecule has 1 amide bonds. The van der Waals surface area contributed by atoms with Gasteiger partial charge in [-0.25, -0.2) is 4.98 Å². The summed E-state index contributed by atoms with van der Waals surface area (Å²) in [6.07, 6.45) is 0. The maximum Gasteiger partial charge on any atom is 0.257 e. The number of fused-ring (bicyclic) bond motifs is 1. The summed E-state index contributed by atoms with van der Waals surface area (Å²) in [5.41, 5.74) is 7.42. The van der Waals surface area contributed by atoms with Crippen molar-refractivity contribution in [1.29, 1.82) is 0 Å². The Kier molecular flexibility index (Phi) is 6.68. The van der Waals surface area contributed by atoms with E-state index < -0.39 is 0 Å². The fraction of sp³-hybridized carbons (Fsp3) is 0.179. The molecule has 0 aliphatic rings. The molecule has 0 bridgehead atoms. The van der Waals surface area contributed by atoms with E-state index in [9.17, 15) is 4.79 Å². The maximum atomic E-state index is 13.1. The number of hydrogen-bond donors (Lipinski definition) is 1. The summed E-state index contributed by atoms with van der Waals surface area (Å²) in [6, 6.07) is 25.6. The number of aryl methyl sites for hydroxylation is 1. The highest BCUT2D eigenvalue weighted by atomic mass is 32.2. The van der Waals surface area contributed by atoms with Crippen molar-refractivity contribution in [2.24, 2.45) is 0 Å². The number of rotatable bonds is 8. The van der Waals surface area contributed by atoms with Crippen molar-refractivity contribution < 1.29 is 9.21 Å². The maximum absolute atomic E-state index is 13.1. The number of amides is 1. The first-order chi connectivity index (χ1) is 17.1. The minimum absolute atomic E-state index is 0.103. The molecule has 0 saturated carbocycles. The van der Waals surface area contributed by atoms with Crippen molar-refractivity contribution in [3.05, 3.63) is 113 Å². The molecule has 35 heavy (non-hydrogen) atoms. The topological polar surface area (TPSA) is 73.0 Å². The molecule has 0 aliphatic heterocycles. The normalized spacial score (nSPS) is 11.1. The Morgan fingerprint density at radius 2 is 1.71 bits per heavy atom. The summed E-state index contributed by atoms with van der Waals surface area (Å²) >= 11 is 1.48. The van der Waals surface area contributed by atoms with E-state index in [4.69, 9.17) is 9.52 Å². The lowest BCUT2D eigenvalue weighted by atomic mass is 10.1. The van der Waals surface area contributed by atoms with Crippen LogP contribution >= 0.6 is 11.8 Å². The van der Waals surface area contributed by atoms with E-state index in [0.29, 0.717) is 29.6 Å². The predicted molar refractivity (Wildman–Crippen MR) is 138 cm³/mol. The fourth-order valence-electron chi connectivity index (χ4n) is 4.08. The first kappa shape index (κ1) is 22.9. The highest BCUT2D eigenvalue weighted by molar-refractivity contribution is 7.98. The summed E-state index contributed by atoms with van der Waals surface area (Å²) in [4.78, 5) is 17.6. The molecule has 2 aromatic heterocycles. The zero-order valence-electron chi connectivity index (χ0n) is 19.7. The third-order valence-electron chi connectivity index (χ3n) is 6.02. The van der Waals surface area contributed by atoms with Crippen LogP contribution in [0, 0.1) is 13.8 Å². The minimum atomic E-state index is -0.103. The van der Waals surface area contributed by atoms with Gasteiger partial charge in [0.1, 0.15) is 5.52 Å². The summed E-state index contributed by atoms with van der Waals surface area (Å²) in [7, 11) is 0. The molecule has 0 saturated heterocycles. The van der Waals surface area contributed by atoms with E-state index in [1.165, 1.54) is 17.3 Å².